The van der Waals surface area contributed by atoms with E-state index in [4.69, 9.17) is 21.1 Å². The number of carbonyl (C=O) groups excluding carboxylic acids is 2. The molecule has 1 amide bonds. The number of aromatic nitrogens is 2. The van der Waals surface area contributed by atoms with Crippen LogP contribution in [0.2, 0.25) is 0 Å². The van der Waals surface area contributed by atoms with Crippen molar-refractivity contribution in [1.82, 2.24) is 10.2 Å². The number of carbonyl (C=O) groups is 2. The van der Waals surface area contributed by atoms with E-state index in [0.717, 1.165) is 18.4 Å². The van der Waals surface area contributed by atoms with Gasteiger partial charge in [0, 0.05) is 5.38 Å². The van der Waals surface area contributed by atoms with Crippen LogP contribution >= 0.6 is 22.9 Å². The second-order valence-corrected chi connectivity index (χ2v) is 9.43. The molecule has 0 radical (unpaired) electrons. The maximum Gasteiger partial charge on any atom is 0.296 e. The van der Waals surface area contributed by atoms with Crippen molar-refractivity contribution >= 4 is 39.8 Å². The molecule has 1 aromatic carbocycles. The Morgan fingerprint density at radius 3 is 2.97 bits per heavy atom. The number of amides is 1. The summed E-state index contributed by atoms with van der Waals surface area (Å²) in [5.41, 5.74) is 2.73. The van der Waals surface area contributed by atoms with Crippen LogP contribution in [0, 0.1) is 5.92 Å². The highest BCUT2D eigenvalue weighted by Crippen LogP contribution is 2.49. The predicted molar refractivity (Wildman–Crippen MR) is 116 cm³/mol. The molecule has 7 nitrogen and oxygen atoms in total. The van der Waals surface area contributed by atoms with Gasteiger partial charge in [0.15, 0.2) is 11.5 Å². The minimum absolute atomic E-state index is 0.0538. The summed E-state index contributed by atoms with van der Waals surface area (Å²) in [7, 11) is 0. The summed E-state index contributed by atoms with van der Waals surface area (Å²) in [5.74, 6) is 0.0930. The Morgan fingerprint density at radius 2 is 2.19 bits per heavy atom. The van der Waals surface area contributed by atoms with E-state index >= 15 is 0 Å². The zero-order chi connectivity index (χ0) is 21.5. The lowest BCUT2D eigenvalue weighted by molar-refractivity contribution is -0.131. The molecule has 2 aliphatic heterocycles. The van der Waals surface area contributed by atoms with E-state index in [1.807, 2.05) is 31.2 Å². The maximum absolute atomic E-state index is 13.6. The van der Waals surface area contributed by atoms with E-state index in [9.17, 15) is 9.59 Å². The fourth-order valence-corrected chi connectivity index (χ4v) is 5.50. The predicted octanol–water partition coefficient (Wildman–Crippen LogP) is 4.04. The molecule has 0 N–H and O–H groups in total. The number of Topliss-reactive ketones (excluding diaryl/α,β-unsaturated/α-hetero) is 1. The molecule has 5 rings (SSSR count). The van der Waals surface area contributed by atoms with Gasteiger partial charge in [0.25, 0.3) is 5.91 Å². The zero-order valence-electron chi connectivity index (χ0n) is 17.0. The van der Waals surface area contributed by atoms with E-state index in [1.165, 1.54) is 16.2 Å². The molecule has 4 atom stereocenters. The molecular formula is C22H22ClN3O4S. The molecule has 4 unspecified atom stereocenters. The van der Waals surface area contributed by atoms with Crippen LogP contribution in [0.3, 0.4) is 0 Å². The van der Waals surface area contributed by atoms with Crippen molar-refractivity contribution in [3.8, 4) is 5.75 Å². The first-order chi connectivity index (χ1) is 15.1. The van der Waals surface area contributed by atoms with Gasteiger partial charge in [-0.15, -0.1) is 21.8 Å². The monoisotopic (exact) mass is 459 g/mol. The number of halogens is 1. The Hall–Kier alpha value is -2.45. The van der Waals surface area contributed by atoms with Crippen LogP contribution in [0.25, 0.3) is 0 Å². The number of ether oxygens (including phenoxy) is 2. The largest absolute Gasteiger partial charge is 0.494 e. The highest BCUT2D eigenvalue weighted by Gasteiger charge is 2.53. The summed E-state index contributed by atoms with van der Waals surface area (Å²) in [6.45, 7) is 2.63. The van der Waals surface area contributed by atoms with Gasteiger partial charge in [-0.25, -0.2) is 0 Å². The number of fused-ring (bicyclic) bond motifs is 1. The summed E-state index contributed by atoms with van der Waals surface area (Å²) in [6, 6.07) is 6.88. The average molecular weight is 460 g/mol. The quantitative estimate of drug-likeness (QED) is 0.627. The second kappa shape index (κ2) is 8.24. The van der Waals surface area contributed by atoms with Gasteiger partial charge < -0.3 is 9.47 Å². The summed E-state index contributed by atoms with van der Waals surface area (Å²) in [4.78, 5) is 28.6. The number of anilines is 1. The fourth-order valence-electron chi connectivity index (χ4n) is 4.59. The van der Waals surface area contributed by atoms with Crippen LogP contribution in [0.15, 0.2) is 41.1 Å². The standard InChI is InChI=1S/C22H22ClN3O4S/c1-2-8-29-14-5-3-4-12(9-14)18-17-19(27)15-10-13(23)6-7-16(15)30-20(17)21(28)26(18)22-25-24-11-31-22/h3-5,9,11,13,15-16,18H,2,6-8,10H2,1H3. The van der Waals surface area contributed by atoms with Crippen molar-refractivity contribution in [1.29, 1.82) is 0 Å². The Kier molecular flexibility index (Phi) is 5.44. The lowest BCUT2D eigenvalue weighted by Crippen LogP contribution is -2.41. The van der Waals surface area contributed by atoms with Gasteiger partial charge in [-0.1, -0.05) is 30.4 Å². The van der Waals surface area contributed by atoms with E-state index in [-0.39, 0.29) is 34.8 Å². The molecule has 1 fully saturated rings. The lowest BCUT2D eigenvalue weighted by Gasteiger charge is -2.37. The van der Waals surface area contributed by atoms with Gasteiger partial charge in [-0.05, 0) is 43.4 Å². The molecule has 0 bridgehead atoms. The Labute approximate surface area is 189 Å². The maximum atomic E-state index is 13.6. The Balaban J connectivity index is 1.60. The van der Waals surface area contributed by atoms with Crippen LogP contribution in [0.5, 0.6) is 5.75 Å². The molecule has 1 aromatic heterocycles. The van der Waals surface area contributed by atoms with E-state index < -0.39 is 6.04 Å². The van der Waals surface area contributed by atoms with Crippen molar-refractivity contribution in [3.05, 3.63) is 46.7 Å². The van der Waals surface area contributed by atoms with Crippen LogP contribution in [-0.2, 0) is 14.3 Å². The number of hydrogen-bond acceptors (Lipinski definition) is 7. The third-order valence-corrected chi connectivity index (χ3v) is 7.07. The average Bonchev–Trinajstić information content (AvgIpc) is 3.40. The molecule has 162 valence electrons. The molecule has 0 spiro atoms. The second-order valence-electron chi connectivity index (χ2n) is 8.00. The van der Waals surface area contributed by atoms with Gasteiger partial charge in [0.2, 0.25) is 5.13 Å². The number of rotatable bonds is 5. The number of benzene rings is 1. The van der Waals surface area contributed by atoms with Gasteiger partial charge >= 0.3 is 0 Å². The molecule has 9 heteroatoms. The summed E-state index contributed by atoms with van der Waals surface area (Å²) in [5, 5.41) is 8.37. The number of hydrogen-bond donors (Lipinski definition) is 0. The minimum atomic E-state index is -0.634. The van der Waals surface area contributed by atoms with Crippen molar-refractivity contribution in [3.63, 3.8) is 0 Å². The molecule has 31 heavy (non-hydrogen) atoms. The molecule has 0 saturated heterocycles. The third-order valence-electron chi connectivity index (χ3n) is 5.98. The SMILES string of the molecule is CCCOc1cccc(C2C3=C(OC4CCC(Cl)CC4C3=O)C(=O)N2c2nncs2)c1. The Bertz CT molecular complexity index is 1040. The van der Waals surface area contributed by atoms with Crippen LogP contribution in [0.4, 0.5) is 5.13 Å². The van der Waals surface area contributed by atoms with Crippen LogP contribution in [0.1, 0.15) is 44.2 Å². The normalized spacial score (nSPS) is 27.7. The molecule has 3 heterocycles. The summed E-state index contributed by atoms with van der Waals surface area (Å²) >= 11 is 7.62. The number of ketones is 1. The topological polar surface area (TPSA) is 81.6 Å². The van der Waals surface area contributed by atoms with Crippen molar-refractivity contribution in [2.24, 2.45) is 5.92 Å². The number of nitrogens with zero attached hydrogens (tertiary/aromatic N) is 3. The van der Waals surface area contributed by atoms with Gasteiger partial charge in [-0.3, -0.25) is 14.5 Å². The van der Waals surface area contributed by atoms with Gasteiger partial charge in [0.1, 0.15) is 17.4 Å². The molecular weight excluding hydrogens is 438 g/mol. The Morgan fingerprint density at radius 1 is 1.32 bits per heavy atom. The number of alkyl halides is 1. The summed E-state index contributed by atoms with van der Waals surface area (Å²) < 4.78 is 11.9. The molecule has 1 saturated carbocycles. The van der Waals surface area contributed by atoms with Crippen molar-refractivity contribution < 1.29 is 19.1 Å². The molecule has 1 aliphatic carbocycles. The molecule has 2 aromatic rings. The van der Waals surface area contributed by atoms with Crippen molar-refractivity contribution in [2.45, 2.75) is 50.1 Å². The van der Waals surface area contributed by atoms with Crippen LogP contribution < -0.4 is 9.64 Å². The van der Waals surface area contributed by atoms with E-state index in [2.05, 4.69) is 10.2 Å². The minimum Gasteiger partial charge on any atom is -0.494 e. The fraction of sp³-hybridized carbons (Fsp3) is 0.455. The van der Waals surface area contributed by atoms with Crippen molar-refractivity contribution in [2.75, 3.05) is 11.5 Å². The van der Waals surface area contributed by atoms with E-state index in [1.54, 1.807) is 5.51 Å². The highest BCUT2D eigenvalue weighted by molar-refractivity contribution is 7.13. The lowest BCUT2D eigenvalue weighted by atomic mass is 9.77. The highest BCUT2D eigenvalue weighted by atomic mass is 35.5. The summed E-state index contributed by atoms with van der Waals surface area (Å²) in [6.07, 6.45) is 2.57. The first-order valence-corrected chi connectivity index (χ1v) is 11.8. The first kappa shape index (κ1) is 20.5. The van der Waals surface area contributed by atoms with Gasteiger partial charge in [-0.2, -0.15) is 0 Å². The van der Waals surface area contributed by atoms with Gasteiger partial charge in [0.05, 0.1) is 24.1 Å². The zero-order valence-corrected chi connectivity index (χ0v) is 18.6. The third kappa shape index (κ3) is 3.51. The smallest absolute Gasteiger partial charge is 0.296 e. The first-order valence-electron chi connectivity index (χ1n) is 10.5. The molecule has 3 aliphatic rings. The van der Waals surface area contributed by atoms with Crippen LogP contribution in [-0.4, -0.2) is 40.0 Å². The van der Waals surface area contributed by atoms with E-state index in [0.29, 0.717) is 35.9 Å².